The van der Waals surface area contributed by atoms with Gasteiger partial charge in [-0.3, -0.25) is 4.79 Å². The summed E-state index contributed by atoms with van der Waals surface area (Å²) >= 11 is 2.07. The number of benzene rings is 1. The average Bonchev–Trinajstić information content (AvgIpc) is 3.10. The van der Waals surface area contributed by atoms with Crippen LogP contribution < -0.4 is 0 Å². The Labute approximate surface area is 107 Å². The van der Waals surface area contributed by atoms with Gasteiger partial charge >= 0.3 is 5.97 Å². The first-order chi connectivity index (χ1) is 7.68. The van der Waals surface area contributed by atoms with Crippen LogP contribution in [0.1, 0.15) is 23.2 Å². The summed E-state index contributed by atoms with van der Waals surface area (Å²) in [6.07, 6.45) is 1.89. The topological polar surface area (TPSA) is 43.4 Å². The molecule has 2 rings (SSSR count). The molecule has 0 unspecified atom stereocenters. The minimum absolute atomic E-state index is 0.0410. The average molecular weight is 330 g/mol. The molecule has 3 nitrogen and oxygen atoms in total. The highest BCUT2D eigenvalue weighted by atomic mass is 127. The Morgan fingerprint density at radius 3 is 2.62 bits per heavy atom. The van der Waals surface area contributed by atoms with Crippen LogP contribution in [0.4, 0.5) is 0 Å². The van der Waals surface area contributed by atoms with Gasteiger partial charge in [0.25, 0.3) is 0 Å². The number of ether oxygens (including phenoxy) is 1. The summed E-state index contributed by atoms with van der Waals surface area (Å²) in [4.78, 5) is 23.0. The van der Waals surface area contributed by atoms with Gasteiger partial charge < -0.3 is 4.74 Å². The van der Waals surface area contributed by atoms with E-state index in [2.05, 4.69) is 22.6 Å². The molecule has 0 heterocycles. The smallest absolute Gasteiger partial charge is 0.339 e. The lowest BCUT2D eigenvalue weighted by atomic mass is 10.2. The Kier molecular flexibility index (Phi) is 3.58. The third-order valence-corrected chi connectivity index (χ3v) is 3.41. The predicted octanol–water partition coefficient (Wildman–Crippen LogP) is 2.43. The zero-order chi connectivity index (χ0) is 11.5. The van der Waals surface area contributed by atoms with Crippen molar-refractivity contribution in [3.63, 3.8) is 0 Å². The summed E-state index contributed by atoms with van der Waals surface area (Å²) < 4.78 is 5.82. The number of carbonyl (C=O) groups excluding carboxylic acids is 2. The standard InChI is InChI=1S/C12H11IO3/c13-10-4-2-1-3-9(10)12(15)16-7-11(14)8-5-6-8/h1-4,8H,5-7H2. The zero-order valence-corrected chi connectivity index (χ0v) is 10.8. The third kappa shape index (κ3) is 2.81. The van der Waals surface area contributed by atoms with Gasteiger partial charge in [0.05, 0.1) is 5.56 Å². The molecule has 1 aromatic carbocycles. The Morgan fingerprint density at radius 1 is 1.31 bits per heavy atom. The van der Waals surface area contributed by atoms with E-state index in [0.717, 1.165) is 16.4 Å². The van der Waals surface area contributed by atoms with E-state index < -0.39 is 5.97 Å². The number of carbonyl (C=O) groups is 2. The van der Waals surface area contributed by atoms with Crippen LogP contribution in [0.2, 0.25) is 0 Å². The molecule has 4 heteroatoms. The van der Waals surface area contributed by atoms with Crippen LogP contribution in [0.3, 0.4) is 0 Å². The van der Waals surface area contributed by atoms with Gasteiger partial charge in [-0.25, -0.2) is 4.79 Å². The van der Waals surface area contributed by atoms with Crippen LogP contribution in [0.15, 0.2) is 24.3 Å². The molecule has 1 fully saturated rings. The first-order valence-electron chi connectivity index (χ1n) is 5.13. The second kappa shape index (κ2) is 4.95. The van der Waals surface area contributed by atoms with Crippen molar-refractivity contribution in [2.45, 2.75) is 12.8 Å². The van der Waals surface area contributed by atoms with Crippen molar-refractivity contribution in [3.8, 4) is 0 Å². The maximum absolute atomic E-state index is 11.6. The molecule has 0 N–H and O–H groups in total. The summed E-state index contributed by atoms with van der Waals surface area (Å²) in [5.74, 6) is -0.235. The van der Waals surface area contributed by atoms with Crippen LogP contribution in [0, 0.1) is 9.49 Å². The van der Waals surface area contributed by atoms with Gasteiger partial charge in [0.2, 0.25) is 0 Å². The van der Waals surface area contributed by atoms with Crippen molar-refractivity contribution in [1.82, 2.24) is 0 Å². The summed E-state index contributed by atoms with van der Waals surface area (Å²) in [6, 6.07) is 7.17. The van der Waals surface area contributed by atoms with Gasteiger partial charge in [0, 0.05) is 9.49 Å². The summed E-state index contributed by atoms with van der Waals surface area (Å²) in [6.45, 7) is -0.0888. The molecule has 1 aliphatic carbocycles. The second-order valence-corrected chi connectivity index (χ2v) is 4.96. The molecule has 0 aliphatic heterocycles. The zero-order valence-electron chi connectivity index (χ0n) is 8.61. The fraction of sp³-hybridized carbons (Fsp3) is 0.333. The van der Waals surface area contributed by atoms with E-state index in [1.165, 1.54) is 0 Å². The third-order valence-electron chi connectivity index (χ3n) is 2.47. The summed E-state index contributed by atoms with van der Waals surface area (Å²) in [7, 11) is 0. The van der Waals surface area contributed by atoms with Crippen LogP contribution in [0.5, 0.6) is 0 Å². The Bertz CT molecular complexity index is 424. The highest BCUT2D eigenvalue weighted by molar-refractivity contribution is 14.1. The van der Waals surface area contributed by atoms with Crippen LogP contribution >= 0.6 is 22.6 Å². The van der Waals surface area contributed by atoms with Crippen molar-refractivity contribution in [1.29, 1.82) is 0 Å². The van der Waals surface area contributed by atoms with Gasteiger partial charge in [-0.1, -0.05) is 12.1 Å². The van der Waals surface area contributed by atoms with Crippen molar-refractivity contribution in [2.24, 2.45) is 5.92 Å². The molecular formula is C12H11IO3. The number of ketones is 1. The van der Waals surface area contributed by atoms with Crippen LogP contribution in [-0.2, 0) is 9.53 Å². The van der Waals surface area contributed by atoms with Crippen LogP contribution in [-0.4, -0.2) is 18.4 Å². The number of rotatable bonds is 4. The van der Waals surface area contributed by atoms with E-state index in [1.54, 1.807) is 12.1 Å². The highest BCUT2D eigenvalue weighted by Gasteiger charge is 2.30. The molecule has 84 valence electrons. The maximum Gasteiger partial charge on any atom is 0.339 e. The highest BCUT2D eigenvalue weighted by Crippen LogP contribution is 2.29. The minimum Gasteiger partial charge on any atom is -0.454 e. The van der Waals surface area contributed by atoms with Gasteiger partial charge in [0.15, 0.2) is 12.4 Å². The Hall–Kier alpha value is -0.910. The van der Waals surface area contributed by atoms with Crippen molar-refractivity contribution >= 4 is 34.3 Å². The van der Waals surface area contributed by atoms with E-state index in [0.29, 0.717) is 5.56 Å². The molecule has 1 aliphatic rings. The van der Waals surface area contributed by atoms with E-state index >= 15 is 0 Å². The fourth-order valence-corrected chi connectivity index (χ4v) is 1.97. The number of halogens is 1. The largest absolute Gasteiger partial charge is 0.454 e. The van der Waals surface area contributed by atoms with Gasteiger partial charge in [-0.05, 0) is 47.6 Å². The monoisotopic (exact) mass is 330 g/mol. The molecule has 0 atom stereocenters. The van der Waals surface area contributed by atoms with Gasteiger partial charge in [-0.2, -0.15) is 0 Å². The van der Waals surface area contributed by atoms with Crippen molar-refractivity contribution in [2.75, 3.05) is 6.61 Å². The molecule has 0 aromatic heterocycles. The molecular weight excluding hydrogens is 319 g/mol. The van der Waals surface area contributed by atoms with E-state index in [-0.39, 0.29) is 18.3 Å². The summed E-state index contributed by atoms with van der Waals surface area (Å²) in [5.41, 5.74) is 0.520. The van der Waals surface area contributed by atoms with E-state index in [4.69, 9.17) is 4.74 Å². The molecule has 1 aromatic rings. The van der Waals surface area contributed by atoms with Crippen LogP contribution in [0.25, 0.3) is 0 Å². The maximum atomic E-state index is 11.6. The number of hydrogen-bond donors (Lipinski definition) is 0. The lowest BCUT2D eigenvalue weighted by Crippen LogP contribution is -2.15. The van der Waals surface area contributed by atoms with Gasteiger partial charge in [0.1, 0.15) is 0 Å². The molecule has 1 saturated carbocycles. The quantitative estimate of drug-likeness (QED) is 0.629. The normalized spacial score (nSPS) is 14.6. The molecule has 0 amide bonds. The Morgan fingerprint density at radius 2 is 2.00 bits per heavy atom. The number of Topliss-reactive ketones (excluding diaryl/α,β-unsaturated/α-hetero) is 1. The first kappa shape index (κ1) is 11.6. The molecule has 0 radical (unpaired) electrons. The summed E-state index contributed by atoms with van der Waals surface area (Å²) in [5, 5.41) is 0. The van der Waals surface area contributed by atoms with Crippen molar-refractivity contribution < 1.29 is 14.3 Å². The molecule has 0 bridgehead atoms. The Balaban J connectivity index is 1.92. The molecule has 16 heavy (non-hydrogen) atoms. The fourth-order valence-electron chi connectivity index (χ4n) is 1.36. The second-order valence-electron chi connectivity index (χ2n) is 3.80. The number of esters is 1. The molecule has 0 saturated heterocycles. The SMILES string of the molecule is O=C(OCC(=O)C1CC1)c1ccccc1I. The molecule has 0 spiro atoms. The van der Waals surface area contributed by atoms with Gasteiger partial charge in [-0.15, -0.1) is 0 Å². The van der Waals surface area contributed by atoms with E-state index in [1.807, 2.05) is 12.1 Å². The minimum atomic E-state index is -0.418. The first-order valence-corrected chi connectivity index (χ1v) is 6.20. The number of hydrogen-bond acceptors (Lipinski definition) is 3. The lowest BCUT2D eigenvalue weighted by Gasteiger charge is -2.04. The van der Waals surface area contributed by atoms with E-state index in [9.17, 15) is 9.59 Å². The predicted molar refractivity (Wildman–Crippen MR) is 67.2 cm³/mol. The van der Waals surface area contributed by atoms with Crippen molar-refractivity contribution in [3.05, 3.63) is 33.4 Å². The lowest BCUT2D eigenvalue weighted by molar-refractivity contribution is -0.123.